The molecule has 1 atom stereocenters. The summed E-state index contributed by atoms with van der Waals surface area (Å²) < 4.78 is -1.98. The number of carbonyl (C=O) groups excluding carboxylic acids is 1. The van der Waals surface area contributed by atoms with Crippen LogP contribution >= 0.6 is 34.8 Å². The molecule has 0 aromatic carbocycles. The Morgan fingerprint density at radius 3 is 2.33 bits per heavy atom. The Labute approximate surface area is 121 Å². The van der Waals surface area contributed by atoms with Gasteiger partial charge in [-0.2, -0.15) is 0 Å². The van der Waals surface area contributed by atoms with Gasteiger partial charge >= 0.3 is 6.03 Å². The number of aliphatic hydroxyl groups excluding tert-OH is 1. The Morgan fingerprint density at radius 1 is 1.33 bits per heavy atom. The molecular weight excluding hydrogens is 298 g/mol. The Balaban J connectivity index is 2.56. The van der Waals surface area contributed by atoms with E-state index in [9.17, 15) is 9.90 Å². The van der Waals surface area contributed by atoms with E-state index in [0.29, 0.717) is 12.8 Å². The van der Waals surface area contributed by atoms with Crippen molar-refractivity contribution in [2.75, 3.05) is 0 Å². The maximum atomic E-state index is 11.7. The van der Waals surface area contributed by atoms with Crippen molar-refractivity contribution < 1.29 is 9.90 Å². The number of urea groups is 1. The summed E-state index contributed by atoms with van der Waals surface area (Å²) in [6, 6.07) is -0.645. The van der Waals surface area contributed by atoms with Crippen molar-refractivity contribution in [1.29, 1.82) is 0 Å². The minimum Gasteiger partial charge on any atom is -0.369 e. The van der Waals surface area contributed by atoms with Crippen LogP contribution in [0.2, 0.25) is 0 Å². The van der Waals surface area contributed by atoms with E-state index in [-0.39, 0.29) is 0 Å². The van der Waals surface area contributed by atoms with Gasteiger partial charge in [0.25, 0.3) is 0 Å². The van der Waals surface area contributed by atoms with E-state index in [0.717, 1.165) is 19.3 Å². The van der Waals surface area contributed by atoms with Crippen LogP contribution in [0, 0.1) is 12.3 Å². The van der Waals surface area contributed by atoms with Crippen molar-refractivity contribution in [2.45, 2.75) is 47.7 Å². The maximum Gasteiger partial charge on any atom is 0.318 e. The molecular formula is C11H15Cl3N2O2. The Morgan fingerprint density at radius 2 is 1.89 bits per heavy atom. The average Bonchev–Trinajstić information content (AvgIpc) is 2.28. The third-order valence-corrected chi connectivity index (χ3v) is 3.53. The number of aliphatic hydroxyl groups is 1. The molecule has 7 heteroatoms. The zero-order valence-electron chi connectivity index (χ0n) is 9.68. The van der Waals surface area contributed by atoms with E-state index in [4.69, 9.17) is 41.2 Å². The summed E-state index contributed by atoms with van der Waals surface area (Å²) >= 11 is 16.3. The van der Waals surface area contributed by atoms with E-state index in [1.807, 2.05) is 0 Å². The van der Waals surface area contributed by atoms with Gasteiger partial charge in [0.15, 0.2) is 6.23 Å². The highest BCUT2D eigenvalue weighted by molar-refractivity contribution is 6.68. The summed E-state index contributed by atoms with van der Waals surface area (Å²) in [5.41, 5.74) is -0.671. The quantitative estimate of drug-likeness (QED) is 0.416. The molecule has 0 radical (unpaired) electrons. The second-order valence-corrected chi connectivity index (χ2v) is 6.70. The summed E-state index contributed by atoms with van der Waals surface area (Å²) in [5, 5.41) is 14.2. The van der Waals surface area contributed by atoms with Crippen molar-refractivity contribution in [1.82, 2.24) is 10.6 Å². The first-order valence-electron chi connectivity index (χ1n) is 5.60. The van der Waals surface area contributed by atoms with Gasteiger partial charge in [-0.1, -0.05) is 60.0 Å². The lowest BCUT2D eigenvalue weighted by Crippen LogP contribution is -2.56. The summed E-state index contributed by atoms with van der Waals surface area (Å²) in [4.78, 5) is 11.7. The van der Waals surface area contributed by atoms with Gasteiger partial charge in [0.05, 0.1) is 0 Å². The monoisotopic (exact) mass is 312 g/mol. The van der Waals surface area contributed by atoms with Gasteiger partial charge in [-0.15, -0.1) is 6.42 Å². The number of hydrogen-bond acceptors (Lipinski definition) is 2. The van der Waals surface area contributed by atoms with Crippen LogP contribution in [-0.2, 0) is 0 Å². The first-order chi connectivity index (χ1) is 8.29. The van der Waals surface area contributed by atoms with Crippen LogP contribution in [-0.4, -0.2) is 26.7 Å². The van der Waals surface area contributed by atoms with Crippen molar-refractivity contribution in [3.63, 3.8) is 0 Å². The van der Waals surface area contributed by atoms with Crippen molar-refractivity contribution in [3.8, 4) is 12.3 Å². The fourth-order valence-electron chi connectivity index (χ4n) is 1.92. The van der Waals surface area contributed by atoms with Gasteiger partial charge in [-0.25, -0.2) is 4.79 Å². The van der Waals surface area contributed by atoms with Gasteiger partial charge in [-0.05, 0) is 12.8 Å². The third kappa shape index (κ3) is 4.40. The van der Waals surface area contributed by atoms with E-state index < -0.39 is 21.6 Å². The third-order valence-electron chi connectivity index (χ3n) is 2.91. The van der Waals surface area contributed by atoms with E-state index in [1.54, 1.807) is 0 Å². The number of halogens is 3. The van der Waals surface area contributed by atoms with Crippen LogP contribution in [0.15, 0.2) is 0 Å². The smallest absolute Gasteiger partial charge is 0.318 e. The molecule has 102 valence electrons. The molecule has 0 heterocycles. The second-order valence-electron chi connectivity index (χ2n) is 4.33. The topological polar surface area (TPSA) is 61.4 Å². The number of alkyl halides is 3. The standard InChI is InChI=1S/C11H15Cl3N2O2/c1-2-10(6-4-3-5-7-10)16-9(18)15-8(17)11(12,13)14/h1,8,17H,3-7H2,(H2,15,16,18). The average molecular weight is 314 g/mol. The maximum absolute atomic E-state index is 11.7. The minimum atomic E-state index is -1.98. The second kappa shape index (κ2) is 6.21. The normalized spacial score (nSPS) is 20.6. The van der Waals surface area contributed by atoms with Crippen LogP contribution in [0.5, 0.6) is 0 Å². The molecule has 1 aliphatic rings. The summed E-state index contributed by atoms with van der Waals surface area (Å²) in [6.07, 6.45) is 8.30. The molecule has 2 amide bonds. The first kappa shape index (κ1) is 15.7. The highest BCUT2D eigenvalue weighted by Crippen LogP contribution is 2.29. The zero-order valence-corrected chi connectivity index (χ0v) is 11.9. The summed E-state index contributed by atoms with van der Waals surface area (Å²) in [6.45, 7) is 0. The number of rotatable bonds is 2. The van der Waals surface area contributed by atoms with Crippen LogP contribution in [0.25, 0.3) is 0 Å². The van der Waals surface area contributed by atoms with Crippen molar-refractivity contribution in [2.24, 2.45) is 0 Å². The van der Waals surface area contributed by atoms with Gasteiger partial charge in [0.1, 0.15) is 5.54 Å². The molecule has 4 nitrogen and oxygen atoms in total. The Bertz CT molecular complexity index is 343. The molecule has 0 aromatic heterocycles. The molecule has 0 aliphatic heterocycles. The molecule has 1 unspecified atom stereocenters. The summed E-state index contributed by atoms with van der Waals surface area (Å²) in [5.74, 6) is 2.61. The Hall–Kier alpha value is -0.340. The number of carbonyl (C=O) groups is 1. The van der Waals surface area contributed by atoms with E-state index >= 15 is 0 Å². The SMILES string of the molecule is C#CC1(NC(=O)NC(O)C(Cl)(Cl)Cl)CCCCC1. The van der Waals surface area contributed by atoms with Gasteiger partial charge in [0.2, 0.25) is 3.79 Å². The van der Waals surface area contributed by atoms with Gasteiger partial charge < -0.3 is 15.7 Å². The van der Waals surface area contributed by atoms with Gasteiger partial charge in [0, 0.05) is 0 Å². The zero-order chi connectivity index (χ0) is 13.8. The molecule has 18 heavy (non-hydrogen) atoms. The lowest BCUT2D eigenvalue weighted by molar-refractivity contribution is 0.140. The minimum absolute atomic E-state index is 0.645. The van der Waals surface area contributed by atoms with Crippen LogP contribution in [0.4, 0.5) is 4.79 Å². The molecule has 0 aromatic rings. The predicted octanol–water partition coefficient (Wildman–Crippen LogP) is 2.31. The largest absolute Gasteiger partial charge is 0.369 e. The molecule has 0 spiro atoms. The first-order valence-corrected chi connectivity index (χ1v) is 6.74. The Kier molecular flexibility index (Phi) is 5.42. The number of nitrogens with one attached hydrogen (secondary N) is 2. The lowest BCUT2D eigenvalue weighted by atomic mass is 9.82. The number of terminal acetylenes is 1. The predicted molar refractivity (Wildman–Crippen MR) is 72.6 cm³/mol. The van der Waals surface area contributed by atoms with Crippen LogP contribution in [0.1, 0.15) is 32.1 Å². The molecule has 1 saturated carbocycles. The summed E-state index contributed by atoms with van der Waals surface area (Å²) in [7, 11) is 0. The molecule has 1 aliphatic carbocycles. The number of amides is 2. The van der Waals surface area contributed by atoms with Crippen molar-refractivity contribution in [3.05, 3.63) is 0 Å². The van der Waals surface area contributed by atoms with Crippen molar-refractivity contribution >= 4 is 40.8 Å². The molecule has 0 bridgehead atoms. The number of hydrogen-bond donors (Lipinski definition) is 3. The fourth-order valence-corrected chi connectivity index (χ4v) is 2.08. The molecule has 1 fully saturated rings. The molecule has 3 N–H and O–H groups in total. The van der Waals surface area contributed by atoms with E-state index in [2.05, 4.69) is 16.6 Å². The van der Waals surface area contributed by atoms with Gasteiger partial charge in [-0.3, -0.25) is 0 Å². The van der Waals surface area contributed by atoms with E-state index in [1.165, 1.54) is 0 Å². The lowest BCUT2D eigenvalue weighted by Gasteiger charge is -2.34. The highest BCUT2D eigenvalue weighted by Gasteiger charge is 2.35. The fraction of sp³-hybridized carbons (Fsp3) is 0.727. The molecule has 1 rings (SSSR count). The van der Waals surface area contributed by atoms with Crippen LogP contribution < -0.4 is 10.6 Å². The highest BCUT2D eigenvalue weighted by atomic mass is 35.6. The van der Waals surface area contributed by atoms with Crippen LogP contribution in [0.3, 0.4) is 0 Å². The molecule has 0 saturated heterocycles.